The van der Waals surface area contributed by atoms with E-state index >= 15 is 0 Å². The molecule has 2 atom stereocenters. The predicted molar refractivity (Wildman–Crippen MR) is 136 cm³/mol. The molecule has 1 aromatic rings. The first-order valence-corrected chi connectivity index (χ1v) is 12.3. The summed E-state index contributed by atoms with van der Waals surface area (Å²) in [6, 6.07) is 6.14. The fraction of sp³-hybridized carbons (Fsp3) is 0.667. The van der Waals surface area contributed by atoms with Crippen LogP contribution in [-0.2, 0) is 20.7 Å². The Morgan fingerprint density at radius 3 is 1.94 bits per heavy atom. The third-order valence-corrected chi connectivity index (χ3v) is 5.11. The molecular formula is C27H45N3O4. The Bertz CT molecular complexity index is 820. The van der Waals surface area contributed by atoms with Crippen LogP contribution in [0.3, 0.4) is 0 Å². The van der Waals surface area contributed by atoms with Crippen LogP contribution in [0.5, 0.6) is 0 Å². The molecule has 0 aliphatic rings. The number of rotatable bonds is 9. The molecule has 0 radical (unpaired) electrons. The topological polar surface area (TPSA) is 87.7 Å². The summed E-state index contributed by atoms with van der Waals surface area (Å²) in [5, 5.41) is 5.77. The molecule has 7 nitrogen and oxygen atoms in total. The van der Waals surface area contributed by atoms with E-state index in [0.717, 1.165) is 17.5 Å². The first kappa shape index (κ1) is 29.5. The number of hydrogen-bond donors (Lipinski definition) is 2. The van der Waals surface area contributed by atoms with E-state index in [2.05, 4.69) is 17.6 Å². The molecule has 0 fully saturated rings. The minimum absolute atomic E-state index is 0.201. The van der Waals surface area contributed by atoms with Crippen molar-refractivity contribution in [2.24, 2.45) is 5.92 Å². The van der Waals surface area contributed by atoms with Crippen LogP contribution in [0.4, 0.5) is 4.79 Å². The number of ether oxygens (including phenoxy) is 1. The largest absolute Gasteiger partial charge is 0.444 e. The zero-order valence-corrected chi connectivity index (χ0v) is 22.7. The number of carbonyl (C=O) groups is 3. The van der Waals surface area contributed by atoms with Crippen LogP contribution in [-0.4, -0.2) is 46.5 Å². The van der Waals surface area contributed by atoms with E-state index in [9.17, 15) is 14.4 Å². The van der Waals surface area contributed by atoms with Crippen LogP contribution >= 0.6 is 0 Å². The van der Waals surface area contributed by atoms with Crippen LogP contribution in [0.15, 0.2) is 24.3 Å². The van der Waals surface area contributed by atoms with Crippen LogP contribution in [0.2, 0.25) is 0 Å². The highest BCUT2D eigenvalue weighted by atomic mass is 16.6. The predicted octanol–water partition coefficient (Wildman–Crippen LogP) is 4.99. The molecule has 1 aromatic carbocycles. The van der Waals surface area contributed by atoms with E-state index in [4.69, 9.17) is 4.74 Å². The highest BCUT2D eigenvalue weighted by Gasteiger charge is 2.37. The Hall–Kier alpha value is -2.57. The van der Waals surface area contributed by atoms with Crippen molar-refractivity contribution in [1.29, 1.82) is 0 Å². The number of aryl methyl sites for hydroxylation is 1. The molecule has 0 heterocycles. The summed E-state index contributed by atoms with van der Waals surface area (Å²) in [6.45, 7) is 19.2. The van der Waals surface area contributed by atoms with E-state index in [0.29, 0.717) is 13.0 Å². The molecule has 3 amide bonds. The standard InChI is InChI=1S/C27H45N3O4/c1-11-17-30(24(32)21(18(3)4)28-25(33)34-27(8,9)10)22(23(31)29-26(5,6)7)20-15-13-19(12-2)14-16-20/h13-16,18,21-22H,11-12,17H2,1-10H3,(H,28,33)(H,29,31). The molecule has 0 aliphatic carbocycles. The Kier molecular flexibility index (Phi) is 10.6. The maximum atomic E-state index is 13.9. The number of hydrogen-bond acceptors (Lipinski definition) is 4. The monoisotopic (exact) mass is 475 g/mol. The summed E-state index contributed by atoms with van der Waals surface area (Å²) in [7, 11) is 0. The van der Waals surface area contributed by atoms with Crippen molar-refractivity contribution in [2.75, 3.05) is 6.54 Å². The van der Waals surface area contributed by atoms with E-state index in [-0.39, 0.29) is 17.7 Å². The highest BCUT2D eigenvalue weighted by Crippen LogP contribution is 2.26. The summed E-state index contributed by atoms with van der Waals surface area (Å²) in [5.41, 5.74) is 0.735. The van der Waals surface area contributed by atoms with Gasteiger partial charge in [-0.25, -0.2) is 4.79 Å². The highest BCUT2D eigenvalue weighted by molar-refractivity contribution is 5.92. The van der Waals surface area contributed by atoms with E-state index in [1.165, 1.54) is 0 Å². The number of benzene rings is 1. The average molecular weight is 476 g/mol. The summed E-state index contributed by atoms with van der Waals surface area (Å²) >= 11 is 0. The van der Waals surface area contributed by atoms with Gasteiger partial charge in [0.1, 0.15) is 17.7 Å². The number of carbonyl (C=O) groups excluding carboxylic acids is 3. The number of nitrogens with one attached hydrogen (secondary N) is 2. The molecular weight excluding hydrogens is 430 g/mol. The summed E-state index contributed by atoms with van der Waals surface area (Å²) < 4.78 is 5.39. The second kappa shape index (κ2) is 12.2. The Labute approximate surface area is 206 Å². The molecule has 0 bridgehead atoms. The lowest BCUT2D eigenvalue weighted by Gasteiger charge is -2.36. The Balaban J connectivity index is 3.44. The van der Waals surface area contributed by atoms with Gasteiger partial charge in [0.25, 0.3) is 0 Å². The summed E-state index contributed by atoms with van der Waals surface area (Å²) in [4.78, 5) is 41.5. The molecule has 2 unspecified atom stereocenters. The zero-order valence-electron chi connectivity index (χ0n) is 22.7. The fourth-order valence-corrected chi connectivity index (χ4v) is 3.58. The second-order valence-electron chi connectivity index (χ2n) is 11.1. The lowest BCUT2D eigenvalue weighted by Crippen LogP contribution is -2.56. The second-order valence-corrected chi connectivity index (χ2v) is 11.1. The van der Waals surface area contributed by atoms with Crippen LogP contribution in [0.25, 0.3) is 0 Å². The minimum atomic E-state index is -0.832. The maximum absolute atomic E-state index is 13.9. The molecule has 0 spiro atoms. The Morgan fingerprint density at radius 2 is 1.53 bits per heavy atom. The van der Waals surface area contributed by atoms with Crippen molar-refractivity contribution < 1.29 is 19.1 Å². The Morgan fingerprint density at radius 1 is 0.971 bits per heavy atom. The first-order valence-electron chi connectivity index (χ1n) is 12.3. The van der Waals surface area contributed by atoms with Gasteiger partial charge in [-0.1, -0.05) is 52.0 Å². The molecule has 0 aliphatic heterocycles. The van der Waals surface area contributed by atoms with Gasteiger partial charge in [0.2, 0.25) is 11.8 Å². The van der Waals surface area contributed by atoms with Gasteiger partial charge in [0, 0.05) is 12.1 Å². The third kappa shape index (κ3) is 9.35. The summed E-state index contributed by atoms with van der Waals surface area (Å²) in [5.74, 6) is -0.761. The third-order valence-electron chi connectivity index (χ3n) is 5.11. The van der Waals surface area contributed by atoms with E-state index in [1.807, 2.05) is 65.8 Å². The van der Waals surface area contributed by atoms with Gasteiger partial charge in [-0.3, -0.25) is 9.59 Å². The minimum Gasteiger partial charge on any atom is -0.444 e. The van der Waals surface area contributed by atoms with Crippen LogP contribution < -0.4 is 10.6 Å². The van der Waals surface area contributed by atoms with Gasteiger partial charge in [0.05, 0.1) is 0 Å². The molecule has 0 saturated carbocycles. The van der Waals surface area contributed by atoms with Crippen molar-refractivity contribution in [2.45, 2.75) is 105 Å². The van der Waals surface area contributed by atoms with Crippen molar-refractivity contribution in [3.63, 3.8) is 0 Å². The lowest BCUT2D eigenvalue weighted by atomic mass is 9.97. The van der Waals surface area contributed by atoms with Crippen LogP contribution in [0.1, 0.15) is 92.8 Å². The van der Waals surface area contributed by atoms with Gasteiger partial charge in [-0.2, -0.15) is 0 Å². The smallest absolute Gasteiger partial charge is 0.408 e. The number of alkyl carbamates (subject to hydrolysis) is 1. The van der Waals surface area contributed by atoms with E-state index < -0.39 is 29.3 Å². The fourth-order valence-electron chi connectivity index (χ4n) is 3.58. The molecule has 0 aromatic heterocycles. The van der Waals surface area contributed by atoms with Crippen LogP contribution in [0, 0.1) is 5.92 Å². The maximum Gasteiger partial charge on any atom is 0.408 e. The molecule has 1 rings (SSSR count). The van der Waals surface area contributed by atoms with E-state index in [1.54, 1.807) is 25.7 Å². The number of nitrogens with zero attached hydrogens (tertiary/aromatic N) is 1. The molecule has 0 saturated heterocycles. The molecule has 7 heteroatoms. The normalized spacial score (nSPS) is 13.7. The van der Waals surface area contributed by atoms with Gasteiger partial charge in [-0.15, -0.1) is 0 Å². The van der Waals surface area contributed by atoms with Gasteiger partial charge in [-0.05, 0) is 71.4 Å². The number of amides is 3. The van der Waals surface area contributed by atoms with Gasteiger partial charge in [0.15, 0.2) is 0 Å². The van der Waals surface area contributed by atoms with Gasteiger partial charge >= 0.3 is 6.09 Å². The summed E-state index contributed by atoms with van der Waals surface area (Å²) in [6.07, 6.45) is 0.889. The average Bonchev–Trinajstić information content (AvgIpc) is 2.68. The van der Waals surface area contributed by atoms with Crippen molar-refractivity contribution >= 4 is 17.9 Å². The van der Waals surface area contributed by atoms with Crippen molar-refractivity contribution in [1.82, 2.24) is 15.5 Å². The lowest BCUT2D eigenvalue weighted by molar-refractivity contribution is -0.144. The molecule has 2 N–H and O–H groups in total. The van der Waals surface area contributed by atoms with Crippen molar-refractivity contribution in [3.05, 3.63) is 35.4 Å². The van der Waals surface area contributed by atoms with Gasteiger partial charge < -0.3 is 20.3 Å². The van der Waals surface area contributed by atoms with Crippen molar-refractivity contribution in [3.8, 4) is 0 Å². The SMILES string of the molecule is CCCN(C(=O)C(NC(=O)OC(C)(C)C)C(C)C)C(C(=O)NC(C)(C)C)c1ccc(CC)cc1. The molecule has 192 valence electrons. The quantitative estimate of drug-likeness (QED) is 0.526. The first-order chi connectivity index (χ1) is 15.6. The zero-order chi connectivity index (χ0) is 26.3. The molecule has 34 heavy (non-hydrogen) atoms.